The van der Waals surface area contributed by atoms with Crippen molar-refractivity contribution < 1.29 is 9.18 Å². The standard InChI is InChI=1S/C22H27FN2O/c1-17(2)25(16-18-8-4-3-5-9-18)22(26)19-12-14-24(15-13-19)21-11-7-6-10-20(21)23/h3-11,17,19H,12-16H2,1-2H3. The normalized spacial score (nSPS) is 15.3. The molecule has 1 aliphatic rings. The molecule has 1 heterocycles. The van der Waals surface area contributed by atoms with Crippen molar-refractivity contribution in [3.63, 3.8) is 0 Å². The van der Waals surface area contributed by atoms with Gasteiger partial charge in [0.25, 0.3) is 0 Å². The predicted octanol–water partition coefficient (Wildman–Crippen LogP) is 4.48. The van der Waals surface area contributed by atoms with Crippen LogP contribution in [0.2, 0.25) is 0 Å². The molecular weight excluding hydrogens is 327 g/mol. The van der Waals surface area contributed by atoms with Gasteiger partial charge in [-0.3, -0.25) is 4.79 Å². The molecule has 0 atom stereocenters. The van der Waals surface area contributed by atoms with Crippen molar-refractivity contribution in [1.82, 2.24) is 4.90 Å². The molecule has 0 saturated carbocycles. The van der Waals surface area contributed by atoms with E-state index in [4.69, 9.17) is 0 Å². The number of nitrogens with zero attached hydrogens (tertiary/aromatic N) is 2. The molecule has 0 bridgehead atoms. The zero-order valence-electron chi connectivity index (χ0n) is 15.6. The molecule has 0 aromatic heterocycles. The molecule has 3 nitrogen and oxygen atoms in total. The third-order valence-corrected chi connectivity index (χ3v) is 5.14. The van der Waals surface area contributed by atoms with Gasteiger partial charge in [-0.2, -0.15) is 0 Å². The van der Waals surface area contributed by atoms with Crippen LogP contribution in [0.25, 0.3) is 0 Å². The molecule has 2 aromatic carbocycles. The number of para-hydroxylation sites is 1. The molecule has 0 unspecified atom stereocenters. The van der Waals surface area contributed by atoms with Crippen LogP contribution in [0.1, 0.15) is 32.3 Å². The minimum absolute atomic E-state index is 0.0177. The van der Waals surface area contributed by atoms with E-state index in [-0.39, 0.29) is 23.7 Å². The van der Waals surface area contributed by atoms with E-state index in [0.29, 0.717) is 25.3 Å². The highest BCUT2D eigenvalue weighted by atomic mass is 19.1. The molecule has 0 aliphatic carbocycles. The van der Waals surface area contributed by atoms with Gasteiger partial charge in [-0.15, -0.1) is 0 Å². The molecule has 2 aromatic rings. The summed E-state index contributed by atoms with van der Waals surface area (Å²) < 4.78 is 14.0. The maximum Gasteiger partial charge on any atom is 0.226 e. The minimum atomic E-state index is -0.190. The maximum atomic E-state index is 14.0. The topological polar surface area (TPSA) is 23.6 Å². The Morgan fingerprint density at radius 1 is 1.08 bits per heavy atom. The molecule has 26 heavy (non-hydrogen) atoms. The molecule has 1 aliphatic heterocycles. The first-order valence-electron chi connectivity index (χ1n) is 9.40. The second-order valence-corrected chi connectivity index (χ2v) is 7.26. The summed E-state index contributed by atoms with van der Waals surface area (Å²) >= 11 is 0. The van der Waals surface area contributed by atoms with Gasteiger partial charge in [-0.1, -0.05) is 42.5 Å². The Balaban J connectivity index is 1.63. The molecule has 0 radical (unpaired) electrons. The highest BCUT2D eigenvalue weighted by molar-refractivity contribution is 5.79. The number of piperidine rings is 1. The van der Waals surface area contributed by atoms with Crippen LogP contribution in [-0.2, 0) is 11.3 Å². The number of halogens is 1. The summed E-state index contributed by atoms with van der Waals surface area (Å²) in [6, 6.07) is 17.1. The monoisotopic (exact) mass is 354 g/mol. The van der Waals surface area contributed by atoms with Crippen molar-refractivity contribution in [2.24, 2.45) is 5.92 Å². The Labute approximate surface area is 155 Å². The molecule has 1 fully saturated rings. The number of carbonyl (C=O) groups excluding carboxylic acids is 1. The fourth-order valence-electron chi connectivity index (χ4n) is 3.61. The predicted molar refractivity (Wildman–Crippen MR) is 103 cm³/mol. The average molecular weight is 354 g/mol. The van der Waals surface area contributed by atoms with Crippen LogP contribution >= 0.6 is 0 Å². The van der Waals surface area contributed by atoms with Crippen molar-refractivity contribution in [1.29, 1.82) is 0 Å². The SMILES string of the molecule is CC(C)N(Cc1ccccc1)C(=O)C1CCN(c2ccccc2F)CC1. The van der Waals surface area contributed by atoms with E-state index in [9.17, 15) is 9.18 Å². The van der Waals surface area contributed by atoms with Gasteiger partial charge in [0.15, 0.2) is 0 Å². The fourth-order valence-corrected chi connectivity index (χ4v) is 3.61. The van der Waals surface area contributed by atoms with E-state index in [1.54, 1.807) is 6.07 Å². The maximum absolute atomic E-state index is 14.0. The summed E-state index contributed by atoms with van der Waals surface area (Å²) in [6.45, 7) is 6.21. The lowest BCUT2D eigenvalue weighted by molar-refractivity contribution is -0.138. The summed E-state index contributed by atoms with van der Waals surface area (Å²) in [5, 5.41) is 0. The quantitative estimate of drug-likeness (QED) is 0.790. The highest BCUT2D eigenvalue weighted by Crippen LogP contribution is 2.27. The Morgan fingerprint density at radius 3 is 2.31 bits per heavy atom. The number of hydrogen-bond donors (Lipinski definition) is 0. The molecular formula is C22H27FN2O. The van der Waals surface area contributed by atoms with Gasteiger partial charge in [0.05, 0.1) is 5.69 Å². The second-order valence-electron chi connectivity index (χ2n) is 7.26. The number of hydrogen-bond acceptors (Lipinski definition) is 2. The first-order chi connectivity index (χ1) is 12.6. The second kappa shape index (κ2) is 8.35. The van der Waals surface area contributed by atoms with E-state index in [0.717, 1.165) is 18.4 Å². The molecule has 138 valence electrons. The van der Waals surface area contributed by atoms with Crippen molar-refractivity contribution in [3.8, 4) is 0 Å². The van der Waals surface area contributed by atoms with Crippen LogP contribution in [-0.4, -0.2) is 29.9 Å². The summed E-state index contributed by atoms with van der Waals surface area (Å²) in [7, 11) is 0. The van der Waals surface area contributed by atoms with Gasteiger partial charge >= 0.3 is 0 Å². The lowest BCUT2D eigenvalue weighted by Gasteiger charge is -2.37. The summed E-state index contributed by atoms with van der Waals surface area (Å²) in [6.07, 6.45) is 1.54. The largest absolute Gasteiger partial charge is 0.369 e. The van der Waals surface area contributed by atoms with Crippen LogP contribution in [0.5, 0.6) is 0 Å². The Bertz CT molecular complexity index is 724. The Kier molecular flexibility index (Phi) is 5.92. The fraction of sp³-hybridized carbons (Fsp3) is 0.409. The minimum Gasteiger partial charge on any atom is -0.369 e. The van der Waals surface area contributed by atoms with E-state index in [1.807, 2.05) is 35.2 Å². The molecule has 3 rings (SSSR count). The summed E-state index contributed by atoms with van der Waals surface area (Å²) in [5.74, 6) is 0.0475. The van der Waals surface area contributed by atoms with Gasteiger partial charge in [0.2, 0.25) is 5.91 Å². The first kappa shape index (κ1) is 18.4. The summed E-state index contributed by atoms with van der Waals surface area (Å²) in [4.78, 5) is 17.1. The number of rotatable bonds is 5. The van der Waals surface area contributed by atoms with Crippen LogP contribution in [0.3, 0.4) is 0 Å². The lowest BCUT2D eigenvalue weighted by Crippen LogP contribution is -2.45. The van der Waals surface area contributed by atoms with Crippen molar-refractivity contribution in [2.75, 3.05) is 18.0 Å². The third-order valence-electron chi connectivity index (χ3n) is 5.14. The van der Waals surface area contributed by atoms with E-state index >= 15 is 0 Å². The average Bonchev–Trinajstić information content (AvgIpc) is 2.67. The molecule has 0 spiro atoms. The van der Waals surface area contributed by atoms with Gasteiger partial charge in [0, 0.05) is 31.6 Å². The van der Waals surface area contributed by atoms with Gasteiger partial charge in [0.1, 0.15) is 5.82 Å². The number of amides is 1. The third kappa shape index (κ3) is 4.24. The molecule has 1 amide bonds. The molecule has 1 saturated heterocycles. The van der Waals surface area contributed by atoms with Crippen molar-refractivity contribution in [3.05, 3.63) is 66.0 Å². The zero-order valence-corrected chi connectivity index (χ0v) is 15.6. The van der Waals surface area contributed by atoms with Crippen LogP contribution < -0.4 is 4.90 Å². The van der Waals surface area contributed by atoms with Crippen LogP contribution in [0.15, 0.2) is 54.6 Å². The van der Waals surface area contributed by atoms with Gasteiger partial charge in [-0.25, -0.2) is 4.39 Å². The Morgan fingerprint density at radius 2 is 1.69 bits per heavy atom. The van der Waals surface area contributed by atoms with Gasteiger partial charge < -0.3 is 9.80 Å². The molecule has 0 N–H and O–H groups in total. The smallest absolute Gasteiger partial charge is 0.226 e. The Hall–Kier alpha value is -2.36. The highest BCUT2D eigenvalue weighted by Gasteiger charge is 2.30. The number of anilines is 1. The number of carbonyl (C=O) groups is 1. The van der Waals surface area contributed by atoms with Crippen LogP contribution in [0, 0.1) is 11.7 Å². The van der Waals surface area contributed by atoms with Gasteiger partial charge in [-0.05, 0) is 44.4 Å². The van der Waals surface area contributed by atoms with E-state index in [1.165, 1.54) is 6.07 Å². The summed E-state index contributed by atoms with van der Waals surface area (Å²) in [5.41, 5.74) is 1.79. The first-order valence-corrected chi connectivity index (χ1v) is 9.40. The van der Waals surface area contributed by atoms with Crippen molar-refractivity contribution >= 4 is 11.6 Å². The molecule has 4 heteroatoms. The number of benzene rings is 2. The van der Waals surface area contributed by atoms with Crippen LogP contribution in [0.4, 0.5) is 10.1 Å². The zero-order chi connectivity index (χ0) is 18.5. The lowest BCUT2D eigenvalue weighted by atomic mass is 9.94. The van der Waals surface area contributed by atoms with Crippen molar-refractivity contribution in [2.45, 2.75) is 39.3 Å². The van der Waals surface area contributed by atoms with E-state index < -0.39 is 0 Å². The van der Waals surface area contributed by atoms with E-state index in [2.05, 4.69) is 30.9 Å².